The van der Waals surface area contributed by atoms with Crippen LogP contribution in [0.1, 0.15) is 22.8 Å². The molecule has 0 aromatic heterocycles. The molecule has 0 fully saturated rings. The molecule has 0 saturated heterocycles. The van der Waals surface area contributed by atoms with E-state index >= 15 is 0 Å². The van der Waals surface area contributed by atoms with Gasteiger partial charge in [0.2, 0.25) is 0 Å². The van der Waals surface area contributed by atoms with Crippen molar-refractivity contribution in [2.45, 2.75) is 19.6 Å². The Kier molecular flexibility index (Phi) is 6.77. The molecule has 0 bridgehead atoms. The summed E-state index contributed by atoms with van der Waals surface area (Å²) in [4.78, 5) is 34.8. The van der Waals surface area contributed by atoms with Crippen molar-refractivity contribution in [3.8, 4) is 0 Å². The van der Waals surface area contributed by atoms with E-state index in [1.165, 1.54) is 18.2 Å². The number of ether oxygens (including phenoxy) is 2. The molecule has 2 amide bonds. The highest BCUT2D eigenvalue weighted by Crippen LogP contribution is 2.23. The number of carbonyl (C=O) groups is 3. The maximum atomic E-state index is 12.5. The van der Waals surface area contributed by atoms with Gasteiger partial charge in [0, 0.05) is 19.3 Å². The van der Waals surface area contributed by atoms with Gasteiger partial charge in [0.1, 0.15) is 0 Å². The van der Waals surface area contributed by atoms with Gasteiger partial charge in [-0.1, -0.05) is 6.07 Å². The van der Waals surface area contributed by atoms with E-state index in [-0.39, 0.29) is 23.4 Å². The summed E-state index contributed by atoms with van der Waals surface area (Å²) in [6.45, 7) is 1.20. The topological polar surface area (TPSA) is 84.9 Å². The smallest absolute Gasteiger partial charge is 0.465 e. The number of rotatable bonds is 5. The summed E-state index contributed by atoms with van der Waals surface area (Å²) in [5, 5.41) is 2.33. The molecule has 7 nitrogen and oxygen atoms in total. The number of alkyl halides is 3. The molecule has 0 heterocycles. The number of carbonyl (C=O) groups excluding carboxylic acids is 3. The van der Waals surface area contributed by atoms with Crippen molar-refractivity contribution in [1.29, 1.82) is 0 Å². The van der Waals surface area contributed by atoms with Gasteiger partial charge in [0.05, 0.1) is 19.3 Å². The van der Waals surface area contributed by atoms with E-state index in [1.807, 2.05) is 0 Å². The molecular formula is C15H17F3N2O5. The quantitative estimate of drug-likeness (QED) is 0.814. The lowest BCUT2D eigenvalue weighted by atomic mass is 10.1. The summed E-state index contributed by atoms with van der Waals surface area (Å²) in [7, 11) is 2.13. The molecule has 0 saturated carbocycles. The van der Waals surface area contributed by atoms with Gasteiger partial charge in [-0.05, 0) is 24.6 Å². The van der Waals surface area contributed by atoms with Gasteiger partial charge in [-0.15, -0.1) is 0 Å². The summed E-state index contributed by atoms with van der Waals surface area (Å²) in [5.74, 6) is -2.73. The normalized spacial score (nSPS) is 10.8. The highest BCUT2D eigenvalue weighted by Gasteiger charge is 2.41. The molecule has 138 valence electrons. The number of benzene rings is 1. The number of hydrogen-bond donors (Lipinski definition) is 1. The highest BCUT2D eigenvalue weighted by molar-refractivity contribution is 5.93. The lowest BCUT2D eigenvalue weighted by Gasteiger charge is -2.21. The van der Waals surface area contributed by atoms with Crippen molar-refractivity contribution in [2.75, 3.05) is 26.1 Å². The minimum Gasteiger partial charge on any atom is -0.465 e. The summed E-state index contributed by atoms with van der Waals surface area (Å²) in [6, 6.07) is 3.85. The average Bonchev–Trinajstić information content (AvgIpc) is 2.54. The van der Waals surface area contributed by atoms with E-state index in [2.05, 4.69) is 10.1 Å². The number of amides is 2. The highest BCUT2D eigenvalue weighted by atomic mass is 19.4. The first-order valence-electron chi connectivity index (χ1n) is 7.07. The SMILES string of the molecule is CCOC(=O)Nc1cc(C(=O)OC)ccc1CN(C)C(=O)C(F)(F)F. The van der Waals surface area contributed by atoms with Gasteiger partial charge in [-0.3, -0.25) is 10.1 Å². The van der Waals surface area contributed by atoms with Crippen molar-refractivity contribution < 1.29 is 37.0 Å². The first-order valence-corrected chi connectivity index (χ1v) is 7.07. The van der Waals surface area contributed by atoms with Crippen molar-refractivity contribution in [3.63, 3.8) is 0 Å². The van der Waals surface area contributed by atoms with Crippen LogP contribution in [0.25, 0.3) is 0 Å². The standard InChI is InChI=1S/C15H17F3N2O5/c1-4-25-14(23)19-11-7-9(12(21)24-3)5-6-10(11)8-20(2)13(22)15(16,17)18/h5-7H,4,8H2,1-3H3,(H,19,23). The molecule has 0 unspecified atom stereocenters. The number of anilines is 1. The van der Waals surface area contributed by atoms with E-state index in [1.54, 1.807) is 6.92 Å². The van der Waals surface area contributed by atoms with Crippen LogP contribution in [-0.2, 0) is 20.8 Å². The molecule has 1 aromatic rings. The fourth-order valence-corrected chi connectivity index (χ4v) is 1.90. The van der Waals surface area contributed by atoms with Crippen molar-refractivity contribution in [2.24, 2.45) is 0 Å². The minimum atomic E-state index is -5.02. The average molecular weight is 362 g/mol. The van der Waals surface area contributed by atoms with Gasteiger partial charge in [-0.2, -0.15) is 13.2 Å². The molecule has 0 aliphatic heterocycles. The number of hydrogen-bond acceptors (Lipinski definition) is 5. The van der Waals surface area contributed by atoms with E-state index in [9.17, 15) is 27.6 Å². The van der Waals surface area contributed by atoms with Crippen LogP contribution < -0.4 is 5.32 Å². The Bertz CT molecular complexity index is 661. The van der Waals surface area contributed by atoms with Crippen molar-refractivity contribution >= 4 is 23.7 Å². The Balaban J connectivity index is 3.13. The van der Waals surface area contributed by atoms with Gasteiger partial charge in [-0.25, -0.2) is 9.59 Å². The molecule has 1 aromatic carbocycles. The van der Waals surface area contributed by atoms with Crippen LogP contribution in [0.5, 0.6) is 0 Å². The Morgan fingerprint density at radius 2 is 1.88 bits per heavy atom. The zero-order valence-electron chi connectivity index (χ0n) is 13.8. The second kappa shape index (κ2) is 8.36. The lowest BCUT2D eigenvalue weighted by molar-refractivity contribution is -0.184. The number of nitrogens with one attached hydrogen (secondary N) is 1. The number of esters is 1. The molecule has 25 heavy (non-hydrogen) atoms. The van der Waals surface area contributed by atoms with E-state index in [4.69, 9.17) is 4.74 Å². The van der Waals surface area contributed by atoms with Crippen LogP contribution in [0.2, 0.25) is 0 Å². The van der Waals surface area contributed by atoms with Gasteiger partial charge in [0.15, 0.2) is 0 Å². The first kappa shape index (κ1) is 20.3. The second-order valence-electron chi connectivity index (χ2n) is 4.87. The lowest BCUT2D eigenvalue weighted by Crippen LogP contribution is -2.38. The van der Waals surface area contributed by atoms with Gasteiger partial charge < -0.3 is 14.4 Å². The Labute approximate surface area is 141 Å². The van der Waals surface area contributed by atoms with E-state index in [0.717, 1.165) is 14.2 Å². The molecule has 0 spiro atoms. The molecule has 0 radical (unpaired) electrons. The largest absolute Gasteiger partial charge is 0.471 e. The monoisotopic (exact) mass is 362 g/mol. The minimum absolute atomic E-state index is 0.0307. The maximum Gasteiger partial charge on any atom is 0.471 e. The Hall–Kier alpha value is -2.78. The van der Waals surface area contributed by atoms with Crippen LogP contribution in [0.3, 0.4) is 0 Å². The third-order valence-corrected chi connectivity index (χ3v) is 3.04. The number of halogens is 3. The van der Waals surface area contributed by atoms with Crippen molar-refractivity contribution in [3.05, 3.63) is 29.3 Å². The summed E-state index contributed by atoms with van der Waals surface area (Å²) in [5.41, 5.74) is 0.284. The van der Waals surface area contributed by atoms with Crippen molar-refractivity contribution in [1.82, 2.24) is 4.90 Å². The van der Waals surface area contributed by atoms with Crippen LogP contribution >= 0.6 is 0 Å². The maximum absolute atomic E-state index is 12.5. The molecule has 0 aliphatic rings. The fourth-order valence-electron chi connectivity index (χ4n) is 1.90. The molecule has 10 heteroatoms. The van der Waals surface area contributed by atoms with Crippen LogP contribution in [0.15, 0.2) is 18.2 Å². The third-order valence-electron chi connectivity index (χ3n) is 3.04. The predicted octanol–water partition coefficient (Wildman–Crippen LogP) is 2.56. The summed E-state index contributed by atoms with van der Waals surface area (Å²) < 4.78 is 46.7. The van der Waals surface area contributed by atoms with Crippen LogP contribution in [0.4, 0.5) is 23.7 Å². The van der Waals surface area contributed by atoms with Crippen LogP contribution in [-0.4, -0.2) is 49.8 Å². The zero-order chi connectivity index (χ0) is 19.2. The molecular weight excluding hydrogens is 345 g/mol. The Morgan fingerprint density at radius 1 is 1.24 bits per heavy atom. The molecule has 1 rings (SSSR count). The molecule has 0 atom stereocenters. The van der Waals surface area contributed by atoms with E-state index in [0.29, 0.717) is 4.90 Å². The van der Waals surface area contributed by atoms with Crippen LogP contribution in [0, 0.1) is 0 Å². The van der Waals surface area contributed by atoms with E-state index < -0.39 is 30.7 Å². The molecule has 0 aliphatic carbocycles. The third kappa shape index (κ3) is 5.66. The number of methoxy groups -OCH3 is 1. The molecule has 1 N–H and O–H groups in total. The Morgan fingerprint density at radius 3 is 2.40 bits per heavy atom. The van der Waals surface area contributed by atoms with Gasteiger partial charge in [0.25, 0.3) is 0 Å². The zero-order valence-corrected chi connectivity index (χ0v) is 13.8. The summed E-state index contributed by atoms with van der Waals surface area (Å²) in [6.07, 6.45) is -5.87. The fraction of sp³-hybridized carbons (Fsp3) is 0.400. The predicted molar refractivity (Wildman–Crippen MR) is 81.0 cm³/mol. The first-order chi connectivity index (χ1) is 11.6. The number of nitrogens with zero attached hydrogens (tertiary/aromatic N) is 1. The second-order valence-corrected chi connectivity index (χ2v) is 4.87. The summed E-state index contributed by atoms with van der Waals surface area (Å²) >= 11 is 0. The van der Waals surface area contributed by atoms with Gasteiger partial charge >= 0.3 is 24.1 Å².